The van der Waals surface area contributed by atoms with Crippen molar-refractivity contribution in [2.45, 2.75) is 38.3 Å². The fourth-order valence-corrected chi connectivity index (χ4v) is 2.95. The van der Waals surface area contributed by atoms with Gasteiger partial charge in [0.1, 0.15) is 17.9 Å². The van der Waals surface area contributed by atoms with Crippen LogP contribution in [0, 0.1) is 5.21 Å². The van der Waals surface area contributed by atoms with Crippen LogP contribution in [0.2, 0.25) is 0 Å². The molecule has 4 rings (SSSR count). The first-order valence-corrected chi connectivity index (χ1v) is 10.8. The van der Waals surface area contributed by atoms with Gasteiger partial charge in [0.05, 0.1) is 11.1 Å². The second-order valence-electron chi connectivity index (χ2n) is 8.17. The number of nitrogens with one attached hydrogen (secondary N) is 1. The average molecular weight is 564 g/mol. The van der Waals surface area contributed by atoms with E-state index >= 15 is 0 Å². The predicted octanol–water partition coefficient (Wildman–Crippen LogP) is 2.78. The summed E-state index contributed by atoms with van der Waals surface area (Å²) in [5, 5.41) is 12.5. The Bertz CT molecular complexity index is 1200. The molecule has 17 heteroatoms. The van der Waals surface area contributed by atoms with Crippen LogP contribution < -0.4 is 14.9 Å². The quantitative estimate of drug-likeness (QED) is 0.246. The lowest BCUT2D eigenvalue weighted by atomic mass is 10.2. The molecule has 0 saturated carbocycles. The van der Waals surface area contributed by atoms with Crippen LogP contribution in [0.15, 0.2) is 42.9 Å². The Morgan fingerprint density at radius 3 is 1.77 bits per heavy atom. The summed E-state index contributed by atoms with van der Waals surface area (Å²) >= 11 is 0. The SMILES string of the molecule is CC1C(=O)N(c2cc(C(F)(F)F)ccn2)C(=O)N1C.CC1C(=O)NC(=O)N1C.[O-][n+]1ccc(C(F)(F)F)cc1. The van der Waals surface area contributed by atoms with Crippen LogP contribution in [0.4, 0.5) is 41.7 Å². The molecule has 0 bridgehead atoms. The van der Waals surface area contributed by atoms with Crippen molar-refractivity contribution >= 4 is 29.7 Å². The highest BCUT2D eigenvalue weighted by Gasteiger charge is 2.42. The van der Waals surface area contributed by atoms with Crippen LogP contribution >= 0.6 is 0 Å². The minimum atomic E-state index is -4.55. The minimum absolute atomic E-state index is 0.220. The summed E-state index contributed by atoms with van der Waals surface area (Å²) in [5.74, 6) is -1.14. The molecule has 11 nitrogen and oxygen atoms in total. The summed E-state index contributed by atoms with van der Waals surface area (Å²) in [7, 11) is 2.99. The van der Waals surface area contributed by atoms with Crippen LogP contribution in [0.1, 0.15) is 25.0 Å². The third kappa shape index (κ3) is 7.32. The fraction of sp³-hybridized carbons (Fsp3) is 0.364. The predicted molar refractivity (Wildman–Crippen MR) is 121 cm³/mol. The number of aromatic nitrogens is 2. The number of nitrogens with zero attached hydrogens (tertiary/aromatic N) is 5. The Morgan fingerprint density at radius 2 is 1.41 bits per heavy atom. The maximum Gasteiger partial charge on any atom is 0.416 e. The molecule has 6 amide bonds. The number of carbonyl (C=O) groups excluding carboxylic acids is 4. The standard InChI is InChI=1S/C11H10F3N3O2.C6H4F3NO.C5H8N2O2/c1-6-9(18)17(10(19)16(6)2)8-5-7(3-4-15-8)11(12,13)14;7-6(8,9)5-1-3-10(11)4-2-5;1-3-4(8)6-5(9)7(3)2/h3-6H,1-2H3;1-4H;3H,1-2H3,(H,6,8,9). The van der Waals surface area contributed by atoms with Gasteiger partial charge in [0, 0.05) is 32.4 Å². The first-order chi connectivity index (χ1) is 17.9. The third-order valence-corrected chi connectivity index (χ3v) is 5.59. The minimum Gasteiger partial charge on any atom is -0.619 e. The molecule has 2 atom stereocenters. The lowest BCUT2D eigenvalue weighted by Gasteiger charge is -2.14. The molecule has 39 heavy (non-hydrogen) atoms. The number of hydrogen-bond acceptors (Lipinski definition) is 6. The van der Waals surface area contributed by atoms with Gasteiger partial charge in [-0.05, 0) is 26.0 Å². The smallest absolute Gasteiger partial charge is 0.416 e. The van der Waals surface area contributed by atoms with Gasteiger partial charge in [-0.1, -0.05) is 0 Å². The molecule has 2 unspecified atom stereocenters. The van der Waals surface area contributed by atoms with Crippen molar-refractivity contribution in [3.63, 3.8) is 0 Å². The topological polar surface area (TPSA) is 130 Å². The van der Waals surface area contributed by atoms with Crippen LogP contribution in [0.5, 0.6) is 0 Å². The first kappa shape index (κ1) is 30.8. The summed E-state index contributed by atoms with van der Waals surface area (Å²) in [6.07, 6.45) is -6.39. The van der Waals surface area contributed by atoms with Gasteiger partial charge < -0.3 is 15.0 Å². The molecule has 0 spiro atoms. The molecule has 2 aliphatic heterocycles. The van der Waals surface area contributed by atoms with Gasteiger partial charge in [0.15, 0.2) is 12.4 Å². The Kier molecular flexibility index (Phi) is 9.10. The first-order valence-electron chi connectivity index (χ1n) is 10.8. The van der Waals surface area contributed by atoms with Gasteiger partial charge in [0.2, 0.25) is 0 Å². The Hall–Kier alpha value is -4.44. The largest absolute Gasteiger partial charge is 0.619 e. The molecule has 2 aromatic rings. The number of imide groups is 2. The van der Waals surface area contributed by atoms with E-state index in [0.717, 1.165) is 41.7 Å². The molecule has 4 heterocycles. The van der Waals surface area contributed by atoms with Crippen molar-refractivity contribution in [1.29, 1.82) is 0 Å². The summed E-state index contributed by atoms with van der Waals surface area (Å²) < 4.78 is 73.5. The molecule has 2 aliphatic rings. The number of halogens is 6. The number of amides is 6. The highest BCUT2D eigenvalue weighted by Crippen LogP contribution is 2.32. The zero-order valence-corrected chi connectivity index (χ0v) is 20.7. The van der Waals surface area contributed by atoms with Gasteiger partial charge in [0.25, 0.3) is 11.8 Å². The summed E-state index contributed by atoms with van der Waals surface area (Å²) in [4.78, 5) is 51.7. The highest BCUT2D eigenvalue weighted by molar-refractivity contribution is 6.20. The Balaban J connectivity index is 0.000000226. The van der Waals surface area contributed by atoms with E-state index < -0.39 is 41.5 Å². The number of carbonyl (C=O) groups is 4. The van der Waals surface area contributed by atoms with E-state index in [1.54, 1.807) is 14.0 Å². The summed E-state index contributed by atoms with van der Waals surface area (Å²) in [6.45, 7) is 3.17. The maximum atomic E-state index is 12.6. The number of likely N-dealkylation sites (N-methyl/N-ethyl adjacent to an activating group) is 2. The van der Waals surface area contributed by atoms with Crippen molar-refractivity contribution in [3.8, 4) is 0 Å². The van der Waals surface area contributed by atoms with Crippen LogP contribution in [0.3, 0.4) is 0 Å². The van der Waals surface area contributed by atoms with Crippen LogP contribution in [-0.4, -0.2) is 64.8 Å². The van der Waals surface area contributed by atoms with Crippen molar-refractivity contribution in [3.05, 3.63) is 59.2 Å². The Labute approximate surface area is 217 Å². The summed E-state index contributed by atoms with van der Waals surface area (Å²) in [6, 6.07) is 0.891. The average Bonchev–Trinajstić information content (AvgIpc) is 3.19. The number of hydrogen-bond donors (Lipinski definition) is 1. The summed E-state index contributed by atoms with van der Waals surface area (Å²) in [5.41, 5.74) is -1.77. The molecule has 2 aromatic heterocycles. The van der Waals surface area contributed by atoms with E-state index in [2.05, 4.69) is 10.3 Å². The van der Waals surface area contributed by atoms with Crippen molar-refractivity contribution in [1.82, 2.24) is 20.1 Å². The van der Waals surface area contributed by atoms with E-state index in [4.69, 9.17) is 0 Å². The van der Waals surface area contributed by atoms with E-state index in [1.165, 1.54) is 18.9 Å². The molecule has 0 radical (unpaired) electrons. The molecule has 0 aliphatic carbocycles. The molecule has 2 fully saturated rings. The number of alkyl halides is 6. The lowest BCUT2D eigenvalue weighted by molar-refractivity contribution is -0.605. The molecule has 0 aromatic carbocycles. The zero-order chi connectivity index (χ0) is 29.9. The highest BCUT2D eigenvalue weighted by atomic mass is 19.4. The molecule has 2 saturated heterocycles. The second kappa shape index (κ2) is 11.5. The zero-order valence-electron chi connectivity index (χ0n) is 20.7. The van der Waals surface area contributed by atoms with Gasteiger partial charge in [-0.15, -0.1) is 0 Å². The Morgan fingerprint density at radius 1 is 0.872 bits per heavy atom. The van der Waals surface area contributed by atoms with Crippen molar-refractivity contribution in [2.75, 3.05) is 19.0 Å². The second-order valence-corrected chi connectivity index (χ2v) is 8.17. The fourth-order valence-electron chi connectivity index (χ4n) is 2.95. The van der Waals surface area contributed by atoms with Gasteiger partial charge in [-0.2, -0.15) is 31.1 Å². The number of urea groups is 2. The van der Waals surface area contributed by atoms with E-state index in [-0.39, 0.29) is 23.8 Å². The van der Waals surface area contributed by atoms with Crippen LogP contribution in [-0.2, 0) is 21.9 Å². The number of pyridine rings is 2. The normalized spacial score (nSPS) is 19.4. The van der Waals surface area contributed by atoms with Crippen LogP contribution in [0.25, 0.3) is 0 Å². The van der Waals surface area contributed by atoms with E-state index in [0.29, 0.717) is 15.7 Å². The van der Waals surface area contributed by atoms with Gasteiger partial charge in [-0.25, -0.2) is 19.5 Å². The number of anilines is 1. The molecular formula is C22H22F6N6O5. The molecular weight excluding hydrogens is 542 g/mol. The van der Waals surface area contributed by atoms with E-state index in [9.17, 15) is 50.7 Å². The van der Waals surface area contributed by atoms with Crippen molar-refractivity contribution in [2.24, 2.45) is 0 Å². The van der Waals surface area contributed by atoms with Crippen molar-refractivity contribution < 1.29 is 50.3 Å². The van der Waals surface area contributed by atoms with Gasteiger partial charge >= 0.3 is 24.4 Å². The number of rotatable bonds is 1. The lowest BCUT2D eigenvalue weighted by Crippen LogP contribution is -2.32. The monoisotopic (exact) mass is 564 g/mol. The van der Waals surface area contributed by atoms with E-state index in [1.807, 2.05) is 0 Å². The van der Waals surface area contributed by atoms with Gasteiger partial charge in [-0.3, -0.25) is 14.9 Å². The molecule has 212 valence electrons. The molecule has 1 N–H and O–H groups in total. The third-order valence-electron chi connectivity index (χ3n) is 5.59. The maximum absolute atomic E-state index is 12.6.